The Morgan fingerprint density at radius 3 is 2.20 bits per heavy atom. The molecule has 108 valence electrons. The molecule has 3 heteroatoms. The van der Waals surface area contributed by atoms with Crippen LogP contribution < -0.4 is 10.5 Å². The van der Waals surface area contributed by atoms with Gasteiger partial charge in [-0.2, -0.15) is 5.26 Å². The molecule has 0 radical (unpaired) electrons. The molecule has 0 amide bonds. The van der Waals surface area contributed by atoms with E-state index in [1.165, 1.54) is 0 Å². The highest BCUT2D eigenvalue weighted by Crippen LogP contribution is 2.54. The molecule has 1 aliphatic rings. The Morgan fingerprint density at radius 2 is 1.70 bits per heavy atom. The second-order valence-corrected chi connectivity index (χ2v) is 7.11. The zero-order valence-corrected chi connectivity index (χ0v) is 13.2. The molecule has 1 aromatic carbocycles. The van der Waals surface area contributed by atoms with Gasteiger partial charge in [-0.25, -0.2) is 0 Å². The van der Waals surface area contributed by atoms with Crippen LogP contribution >= 0.6 is 0 Å². The molecule has 1 aliphatic carbocycles. The fourth-order valence-electron chi connectivity index (χ4n) is 3.71. The summed E-state index contributed by atoms with van der Waals surface area (Å²) in [7, 11) is 0. The van der Waals surface area contributed by atoms with Crippen molar-refractivity contribution < 1.29 is 4.74 Å². The lowest BCUT2D eigenvalue weighted by atomic mass is 9.50. The molecule has 0 unspecified atom stereocenters. The minimum absolute atomic E-state index is 0.0537. The molecular weight excluding hydrogens is 248 g/mol. The van der Waals surface area contributed by atoms with E-state index < -0.39 is 0 Å². The average Bonchev–Trinajstić information content (AvgIpc) is 2.37. The molecule has 0 bridgehead atoms. The summed E-state index contributed by atoms with van der Waals surface area (Å²) >= 11 is 0. The van der Waals surface area contributed by atoms with Crippen molar-refractivity contribution >= 4 is 0 Å². The summed E-state index contributed by atoms with van der Waals surface area (Å²) in [6.07, 6.45) is 0.0537. The van der Waals surface area contributed by atoms with Crippen molar-refractivity contribution in [2.75, 3.05) is 0 Å². The van der Waals surface area contributed by atoms with Crippen molar-refractivity contribution in [2.24, 2.45) is 16.6 Å². The molecular formula is C17H24N2O. The highest BCUT2D eigenvalue weighted by atomic mass is 16.5. The monoisotopic (exact) mass is 272 g/mol. The standard InChI is InChI=1S/C17H24N2O/c1-10-7-8-13(11(2)12(10)9-18)20-15-16(3,4)14(19)17(15,5)6/h7-8,14-15H,19H2,1-6H3. The third-order valence-electron chi connectivity index (χ3n) is 4.93. The van der Waals surface area contributed by atoms with Gasteiger partial charge in [-0.15, -0.1) is 0 Å². The lowest BCUT2D eigenvalue weighted by Gasteiger charge is -2.61. The van der Waals surface area contributed by atoms with Crippen molar-refractivity contribution in [3.8, 4) is 11.8 Å². The van der Waals surface area contributed by atoms with Gasteiger partial charge < -0.3 is 10.5 Å². The van der Waals surface area contributed by atoms with Gasteiger partial charge in [0.15, 0.2) is 0 Å². The predicted octanol–water partition coefficient (Wildman–Crippen LogP) is 3.32. The summed E-state index contributed by atoms with van der Waals surface area (Å²) in [6.45, 7) is 12.5. The van der Waals surface area contributed by atoms with Crippen LogP contribution in [-0.4, -0.2) is 12.1 Å². The van der Waals surface area contributed by atoms with E-state index in [1.54, 1.807) is 0 Å². The first kappa shape index (κ1) is 14.9. The fraction of sp³-hybridized carbons (Fsp3) is 0.588. The number of ether oxygens (including phenoxy) is 1. The number of benzene rings is 1. The molecule has 3 nitrogen and oxygen atoms in total. The lowest BCUT2D eigenvalue weighted by Crippen LogP contribution is -2.73. The Kier molecular flexibility index (Phi) is 3.34. The molecule has 1 fully saturated rings. The molecule has 0 saturated heterocycles. The quantitative estimate of drug-likeness (QED) is 0.898. The number of nitrogens with zero attached hydrogens (tertiary/aromatic N) is 1. The number of hydrogen-bond donors (Lipinski definition) is 1. The van der Waals surface area contributed by atoms with Gasteiger partial charge in [0.25, 0.3) is 0 Å². The van der Waals surface area contributed by atoms with Gasteiger partial charge in [0, 0.05) is 22.4 Å². The molecule has 0 aliphatic heterocycles. The summed E-state index contributed by atoms with van der Waals surface area (Å²) in [6, 6.07) is 6.27. The Balaban J connectivity index is 2.35. The van der Waals surface area contributed by atoms with Crippen molar-refractivity contribution in [3.63, 3.8) is 0 Å². The van der Waals surface area contributed by atoms with Crippen LogP contribution in [0.2, 0.25) is 0 Å². The van der Waals surface area contributed by atoms with Crippen LogP contribution in [-0.2, 0) is 0 Å². The Bertz CT molecular complexity index is 565. The van der Waals surface area contributed by atoms with E-state index >= 15 is 0 Å². The van der Waals surface area contributed by atoms with Gasteiger partial charge in [-0.05, 0) is 25.5 Å². The normalized spacial score (nSPS) is 26.5. The number of rotatable bonds is 2. The smallest absolute Gasteiger partial charge is 0.124 e. The van der Waals surface area contributed by atoms with E-state index in [2.05, 4.69) is 33.8 Å². The molecule has 0 aromatic heterocycles. The minimum Gasteiger partial charge on any atom is -0.489 e. The maximum Gasteiger partial charge on any atom is 0.124 e. The van der Waals surface area contributed by atoms with E-state index in [4.69, 9.17) is 10.5 Å². The van der Waals surface area contributed by atoms with Gasteiger partial charge in [0.2, 0.25) is 0 Å². The number of aryl methyl sites for hydroxylation is 1. The van der Waals surface area contributed by atoms with E-state index in [1.807, 2.05) is 26.0 Å². The van der Waals surface area contributed by atoms with Crippen molar-refractivity contribution in [1.29, 1.82) is 5.26 Å². The Labute approximate surface area is 121 Å². The number of nitriles is 1. The molecule has 2 rings (SSSR count). The SMILES string of the molecule is Cc1ccc(OC2C(C)(C)C(N)C2(C)C)c(C)c1C#N. The molecule has 1 saturated carbocycles. The largest absolute Gasteiger partial charge is 0.489 e. The topological polar surface area (TPSA) is 59.0 Å². The third-order valence-corrected chi connectivity index (χ3v) is 4.93. The summed E-state index contributed by atoms with van der Waals surface area (Å²) in [5.74, 6) is 0.796. The van der Waals surface area contributed by atoms with Crippen LogP contribution in [0.25, 0.3) is 0 Å². The van der Waals surface area contributed by atoms with Crippen molar-refractivity contribution in [1.82, 2.24) is 0 Å². The molecule has 0 spiro atoms. The van der Waals surface area contributed by atoms with Crippen molar-refractivity contribution in [3.05, 3.63) is 28.8 Å². The molecule has 0 atom stereocenters. The zero-order valence-electron chi connectivity index (χ0n) is 13.2. The van der Waals surface area contributed by atoms with Crippen LogP contribution in [0.5, 0.6) is 5.75 Å². The lowest BCUT2D eigenvalue weighted by molar-refractivity contribution is -0.155. The summed E-state index contributed by atoms with van der Waals surface area (Å²) in [5.41, 5.74) is 8.75. The zero-order chi connectivity index (χ0) is 15.3. The maximum atomic E-state index is 9.25. The van der Waals surface area contributed by atoms with Gasteiger partial charge in [-0.1, -0.05) is 33.8 Å². The fourth-order valence-corrected chi connectivity index (χ4v) is 3.71. The first-order valence-corrected chi connectivity index (χ1v) is 7.06. The van der Waals surface area contributed by atoms with Gasteiger partial charge >= 0.3 is 0 Å². The second kappa shape index (κ2) is 4.49. The highest BCUT2D eigenvalue weighted by Gasteiger charge is 2.61. The van der Waals surface area contributed by atoms with Gasteiger partial charge in [0.05, 0.1) is 11.6 Å². The van der Waals surface area contributed by atoms with Crippen LogP contribution in [0, 0.1) is 36.0 Å². The predicted molar refractivity (Wildman–Crippen MR) is 80.6 cm³/mol. The van der Waals surface area contributed by atoms with Gasteiger partial charge in [0.1, 0.15) is 11.9 Å². The number of nitrogens with two attached hydrogens (primary N) is 1. The van der Waals surface area contributed by atoms with E-state index in [9.17, 15) is 5.26 Å². The summed E-state index contributed by atoms with van der Waals surface area (Å²) in [4.78, 5) is 0. The molecule has 2 N–H and O–H groups in total. The van der Waals surface area contributed by atoms with Crippen LogP contribution in [0.1, 0.15) is 44.4 Å². The van der Waals surface area contributed by atoms with E-state index in [0.717, 1.165) is 16.9 Å². The Hall–Kier alpha value is -1.53. The van der Waals surface area contributed by atoms with Crippen LogP contribution in [0.3, 0.4) is 0 Å². The Morgan fingerprint density at radius 1 is 1.15 bits per heavy atom. The highest BCUT2D eigenvalue weighted by molar-refractivity contribution is 5.50. The summed E-state index contributed by atoms with van der Waals surface area (Å²) < 4.78 is 6.25. The minimum atomic E-state index is -0.0619. The molecule has 0 heterocycles. The van der Waals surface area contributed by atoms with E-state index in [0.29, 0.717) is 5.56 Å². The summed E-state index contributed by atoms with van der Waals surface area (Å²) in [5, 5.41) is 9.25. The maximum absolute atomic E-state index is 9.25. The molecule has 20 heavy (non-hydrogen) atoms. The molecule has 1 aromatic rings. The van der Waals surface area contributed by atoms with E-state index in [-0.39, 0.29) is 23.0 Å². The van der Waals surface area contributed by atoms with Crippen LogP contribution in [0.15, 0.2) is 12.1 Å². The van der Waals surface area contributed by atoms with Crippen molar-refractivity contribution in [2.45, 2.75) is 53.7 Å². The van der Waals surface area contributed by atoms with Crippen LogP contribution in [0.4, 0.5) is 0 Å². The number of hydrogen-bond acceptors (Lipinski definition) is 3. The first-order valence-electron chi connectivity index (χ1n) is 7.06. The van der Waals surface area contributed by atoms with Gasteiger partial charge in [-0.3, -0.25) is 0 Å². The second-order valence-electron chi connectivity index (χ2n) is 7.11. The average molecular weight is 272 g/mol. The first-order chi connectivity index (χ1) is 9.14. The third kappa shape index (κ3) is 1.91.